The number of nitrogens with two attached hydrogens (primary N) is 1. The molecule has 2 N–H and O–H groups in total. The average molecular weight is 441 g/mol. The molecule has 4 rings (SSSR count). The van der Waals surface area contributed by atoms with Gasteiger partial charge in [-0.05, 0) is 18.2 Å². The number of benzene rings is 1. The third kappa shape index (κ3) is 3.66. The van der Waals surface area contributed by atoms with E-state index in [1.807, 2.05) is 0 Å². The molecule has 31 heavy (non-hydrogen) atoms. The van der Waals surface area contributed by atoms with Crippen molar-refractivity contribution in [3.8, 4) is 42.0 Å². The summed E-state index contributed by atoms with van der Waals surface area (Å²) in [6.07, 6.45) is 12.6. The molecule has 10 heteroatoms. The molecule has 3 heterocycles. The Balaban J connectivity index is 0.00000272. The van der Waals surface area contributed by atoms with Crippen molar-refractivity contribution in [1.82, 2.24) is 24.6 Å². The number of imidazole rings is 1. The van der Waals surface area contributed by atoms with Crippen molar-refractivity contribution in [2.75, 3.05) is 7.05 Å². The standard InChI is InChI=1S/C21H17FN6O2.ClH/c1-4-8-21(23,9-5-2)20-25-18(30-26-20)17-16-11-27(3)19(29)14-10-13(22)6-7-15(14)28(16)12-24-17;/h1-2,6-7,10,12H,8-9,11,23H2,3H3;1H. The summed E-state index contributed by atoms with van der Waals surface area (Å²) >= 11 is 0. The molecule has 0 bridgehead atoms. The molecule has 8 nitrogen and oxygen atoms in total. The summed E-state index contributed by atoms with van der Waals surface area (Å²) < 4.78 is 20.9. The Bertz CT molecular complexity index is 1220. The second kappa shape index (κ2) is 8.23. The molecule has 1 aliphatic heterocycles. The summed E-state index contributed by atoms with van der Waals surface area (Å²) in [6.45, 7) is 0.199. The first kappa shape index (κ1) is 22.0. The van der Waals surface area contributed by atoms with Gasteiger partial charge in [-0.3, -0.25) is 9.36 Å². The molecule has 1 amide bonds. The zero-order valence-corrected chi connectivity index (χ0v) is 17.3. The molecule has 0 fully saturated rings. The molecule has 3 aromatic rings. The van der Waals surface area contributed by atoms with Gasteiger partial charge in [0.2, 0.25) is 0 Å². The van der Waals surface area contributed by atoms with Crippen LogP contribution in [0.2, 0.25) is 0 Å². The zero-order chi connectivity index (χ0) is 21.5. The maximum atomic E-state index is 13.7. The van der Waals surface area contributed by atoms with E-state index in [2.05, 4.69) is 27.0 Å². The average Bonchev–Trinajstić information content (AvgIpc) is 3.33. The number of hydrogen-bond acceptors (Lipinski definition) is 6. The minimum Gasteiger partial charge on any atom is -0.336 e. The van der Waals surface area contributed by atoms with Crippen LogP contribution in [0.1, 0.15) is 34.7 Å². The van der Waals surface area contributed by atoms with Gasteiger partial charge in [-0.1, -0.05) is 5.16 Å². The van der Waals surface area contributed by atoms with Crippen LogP contribution < -0.4 is 5.73 Å². The van der Waals surface area contributed by atoms with Crippen LogP contribution in [0.25, 0.3) is 17.3 Å². The van der Waals surface area contributed by atoms with E-state index in [0.29, 0.717) is 17.1 Å². The van der Waals surface area contributed by atoms with Gasteiger partial charge in [-0.2, -0.15) is 4.98 Å². The molecular formula is C21H18ClFN6O2. The number of nitrogens with zero attached hydrogens (tertiary/aromatic N) is 5. The Kier molecular flexibility index (Phi) is 5.85. The fraction of sp³-hybridized carbons (Fsp3) is 0.238. The Morgan fingerprint density at radius 3 is 2.71 bits per heavy atom. The molecule has 1 aliphatic rings. The number of rotatable bonds is 4. The Morgan fingerprint density at radius 2 is 2.03 bits per heavy atom. The second-order valence-electron chi connectivity index (χ2n) is 7.07. The first-order valence-electron chi connectivity index (χ1n) is 9.00. The van der Waals surface area contributed by atoms with Crippen LogP contribution in [0.4, 0.5) is 4.39 Å². The number of carbonyl (C=O) groups excluding carboxylic acids is 1. The van der Waals surface area contributed by atoms with E-state index in [0.717, 1.165) is 0 Å². The number of fused-ring (bicyclic) bond motifs is 3. The highest BCUT2D eigenvalue weighted by Gasteiger charge is 2.34. The molecule has 158 valence electrons. The van der Waals surface area contributed by atoms with Crippen LogP contribution in [0.5, 0.6) is 0 Å². The summed E-state index contributed by atoms with van der Waals surface area (Å²) in [5.41, 5.74) is 6.93. The lowest BCUT2D eigenvalue weighted by molar-refractivity contribution is 0.0787. The Labute approximate surface area is 184 Å². The molecule has 0 saturated carbocycles. The van der Waals surface area contributed by atoms with Gasteiger partial charge in [0.1, 0.15) is 17.7 Å². The molecule has 2 aromatic heterocycles. The van der Waals surface area contributed by atoms with Gasteiger partial charge in [0.15, 0.2) is 11.5 Å². The monoisotopic (exact) mass is 440 g/mol. The van der Waals surface area contributed by atoms with Crippen molar-refractivity contribution in [3.05, 3.63) is 47.4 Å². The second-order valence-corrected chi connectivity index (χ2v) is 7.07. The van der Waals surface area contributed by atoms with E-state index in [1.165, 1.54) is 29.4 Å². The highest BCUT2D eigenvalue weighted by Crippen LogP contribution is 2.31. The smallest absolute Gasteiger partial charge is 0.278 e. The lowest BCUT2D eigenvalue weighted by Gasteiger charge is -2.20. The van der Waals surface area contributed by atoms with E-state index in [4.69, 9.17) is 23.1 Å². The third-order valence-electron chi connectivity index (χ3n) is 4.96. The minimum atomic E-state index is -1.13. The normalized spacial score (nSPS) is 12.8. The first-order chi connectivity index (χ1) is 14.4. The molecule has 1 aromatic carbocycles. The van der Waals surface area contributed by atoms with Gasteiger partial charge in [0.05, 0.1) is 23.5 Å². The molecule has 0 atom stereocenters. The van der Waals surface area contributed by atoms with Crippen molar-refractivity contribution in [1.29, 1.82) is 0 Å². The number of halogens is 2. The number of carbonyl (C=O) groups is 1. The lowest BCUT2D eigenvalue weighted by atomic mass is 9.92. The van der Waals surface area contributed by atoms with E-state index in [1.54, 1.807) is 11.6 Å². The van der Waals surface area contributed by atoms with Crippen LogP contribution in [0, 0.1) is 30.5 Å². The van der Waals surface area contributed by atoms with Crippen LogP contribution in [-0.4, -0.2) is 37.5 Å². The summed E-state index contributed by atoms with van der Waals surface area (Å²) in [6, 6.07) is 4.02. The van der Waals surface area contributed by atoms with Crippen molar-refractivity contribution < 1.29 is 13.7 Å². The fourth-order valence-corrected chi connectivity index (χ4v) is 3.41. The van der Waals surface area contributed by atoms with E-state index < -0.39 is 11.4 Å². The maximum absolute atomic E-state index is 13.7. The molecule has 0 aliphatic carbocycles. The van der Waals surface area contributed by atoms with Crippen molar-refractivity contribution in [2.24, 2.45) is 5.73 Å². The number of hydrogen-bond donors (Lipinski definition) is 1. The molecular weight excluding hydrogens is 423 g/mol. The molecule has 0 saturated heterocycles. The molecule has 0 unspecified atom stereocenters. The maximum Gasteiger partial charge on any atom is 0.278 e. The van der Waals surface area contributed by atoms with Gasteiger partial charge in [-0.25, -0.2) is 9.37 Å². The molecule has 0 radical (unpaired) electrons. The van der Waals surface area contributed by atoms with Gasteiger partial charge < -0.3 is 15.2 Å². The third-order valence-corrected chi connectivity index (χ3v) is 4.96. The van der Waals surface area contributed by atoms with Gasteiger partial charge in [-0.15, -0.1) is 37.1 Å². The van der Waals surface area contributed by atoms with E-state index in [-0.39, 0.29) is 55.0 Å². The SMILES string of the molecule is C#CCC(N)(CC#C)c1noc(-c2ncn3c2CN(C)C(=O)c2cc(F)ccc2-3)n1.Cl. The Morgan fingerprint density at radius 1 is 1.32 bits per heavy atom. The first-order valence-corrected chi connectivity index (χ1v) is 9.00. The zero-order valence-electron chi connectivity index (χ0n) is 16.5. The van der Waals surface area contributed by atoms with Gasteiger partial charge in [0.25, 0.3) is 11.8 Å². The largest absolute Gasteiger partial charge is 0.336 e. The number of aromatic nitrogens is 4. The van der Waals surface area contributed by atoms with Crippen LogP contribution in [-0.2, 0) is 12.1 Å². The minimum absolute atomic E-state index is 0. The fourth-order valence-electron chi connectivity index (χ4n) is 3.41. The van der Waals surface area contributed by atoms with E-state index in [9.17, 15) is 9.18 Å². The summed E-state index contributed by atoms with van der Waals surface area (Å²) in [4.78, 5) is 22.9. The predicted octanol–water partition coefficient (Wildman–Crippen LogP) is 2.27. The highest BCUT2D eigenvalue weighted by molar-refractivity contribution is 5.98. The lowest BCUT2D eigenvalue weighted by Crippen LogP contribution is -2.37. The van der Waals surface area contributed by atoms with Crippen LogP contribution >= 0.6 is 12.4 Å². The predicted molar refractivity (Wildman–Crippen MR) is 113 cm³/mol. The summed E-state index contributed by atoms with van der Waals surface area (Å²) in [5.74, 6) is 4.45. The van der Waals surface area contributed by atoms with E-state index >= 15 is 0 Å². The molecule has 0 spiro atoms. The van der Waals surface area contributed by atoms with Gasteiger partial charge in [0, 0.05) is 19.9 Å². The highest BCUT2D eigenvalue weighted by atomic mass is 35.5. The number of terminal acetylenes is 2. The van der Waals surface area contributed by atoms with Crippen LogP contribution in [0.15, 0.2) is 29.0 Å². The Hall–Kier alpha value is -3.66. The van der Waals surface area contributed by atoms with Crippen molar-refractivity contribution in [2.45, 2.75) is 24.9 Å². The topological polar surface area (TPSA) is 103 Å². The van der Waals surface area contributed by atoms with Crippen LogP contribution in [0.3, 0.4) is 0 Å². The van der Waals surface area contributed by atoms with Crippen molar-refractivity contribution >= 4 is 18.3 Å². The van der Waals surface area contributed by atoms with Gasteiger partial charge >= 0.3 is 0 Å². The van der Waals surface area contributed by atoms with Crippen molar-refractivity contribution in [3.63, 3.8) is 0 Å². The quantitative estimate of drug-likeness (QED) is 0.624. The number of amides is 1. The summed E-state index contributed by atoms with van der Waals surface area (Å²) in [7, 11) is 1.62. The summed E-state index contributed by atoms with van der Waals surface area (Å²) in [5, 5.41) is 3.96.